The number of allylic oxidation sites excluding steroid dienone is 2. The van der Waals surface area contributed by atoms with E-state index in [1.807, 2.05) is 0 Å². The molecule has 3 atom stereocenters. The molecule has 0 amide bonds. The normalized spacial score (nSPS) is 14.0. The molecule has 1 unspecified atom stereocenters. The smallest absolute Gasteiger partial charge is 0.462 e. The number of esters is 2. The van der Waals surface area contributed by atoms with Gasteiger partial charge in [0.05, 0.1) is 19.8 Å². The maximum Gasteiger partial charge on any atom is 0.472 e. The third-order valence-corrected chi connectivity index (χ3v) is 10.1. The number of phosphoric acid groups is 1. The molecule has 0 fully saturated rings. The van der Waals surface area contributed by atoms with Gasteiger partial charge in [-0.3, -0.25) is 18.6 Å². The summed E-state index contributed by atoms with van der Waals surface area (Å²) in [6.07, 6.45) is 34.6. The highest BCUT2D eigenvalue weighted by molar-refractivity contribution is 7.47. The Kier molecular flexibility index (Phi) is 37.1. The molecule has 0 saturated carbocycles. The Balaban J connectivity index is 4.27. The highest BCUT2D eigenvalue weighted by Gasteiger charge is 2.27. The van der Waals surface area contributed by atoms with Crippen molar-refractivity contribution in [1.29, 1.82) is 0 Å². The third-order valence-electron chi connectivity index (χ3n) is 9.17. The number of rotatable bonds is 40. The van der Waals surface area contributed by atoms with Crippen LogP contribution in [0.5, 0.6) is 0 Å². The van der Waals surface area contributed by atoms with Gasteiger partial charge in [-0.25, -0.2) is 4.57 Å². The van der Waals surface area contributed by atoms with Crippen LogP contribution in [0.2, 0.25) is 0 Å². The molecule has 0 rings (SSSR count). The SMILES string of the molecule is CCCCCCCC/C=C/CCCCCCCCCC(=O)OC[C@@H](COP(=O)(O)OC[C@H](O)CO)OC(=O)CCCCCCCCCCCCCC. The number of carbonyl (C=O) groups is 2. The first-order valence-corrected chi connectivity index (χ1v) is 22.6. The van der Waals surface area contributed by atoms with Crippen LogP contribution in [0.4, 0.5) is 0 Å². The average molecular weight is 763 g/mol. The van der Waals surface area contributed by atoms with Crippen molar-refractivity contribution < 1.29 is 47.8 Å². The van der Waals surface area contributed by atoms with Crippen LogP contribution in [0, 0.1) is 0 Å². The Bertz CT molecular complexity index is 884. The summed E-state index contributed by atoms with van der Waals surface area (Å²) in [5.74, 6) is -0.922. The number of aliphatic hydroxyl groups is 2. The van der Waals surface area contributed by atoms with Crippen molar-refractivity contribution >= 4 is 19.8 Å². The minimum absolute atomic E-state index is 0.188. The largest absolute Gasteiger partial charge is 0.472 e. The van der Waals surface area contributed by atoms with E-state index in [0.717, 1.165) is 44.9 Å². The van der Waals surface area contributed by atoms with Gasteiger partial charge in [0.1, 0.15) is 12.7 Å². The van der Waals surface area contributed by atoms with Crippen molar-refractivity contribution in [2.75, 3.05) is 26.4 Å². The first-order valence-electron chi connectivity index (χ1n) is 21.1. The zero-order valence-electron chi connectivity index (χ0n) is 33.3. The second-order valence-electron chi connectivity index (χ2n) is 14.4. The predicted molar refractivity (Wildman–Crippen MR) is 210 cm³/mol. The van der Waals surface area contributed by atoms with Gasteiger partial charge in [0, 0.05) is 12.8 Å². The van der Waals surface area contributed by atoms with Gasteiger partial charge in [0.2, 0.25) is 0 Å². The van der Waals surface area contributed by atoms with Crippen molar-refractivity contribution in [3.63, 3.8) is 0 Å². The Morgan fingerprint density at radius 1 is 0.558 bits per heavy atom. The molecule has 0 spiro atoms. The van der Waals surface area contributed by atoms with E-state index in [-0.39, 0.29) is 19.4 Å². The molecule has 308 valence electrons. The minimum Gasteiger partial charge on any atom is -0.462 e. The van der Waals surface area contributed by atoms with E-state index < -0.39 is 51.8 Å². The van der Waals surface area contributed by atoms with E-state index >= 15 is 0 Å². The molecule has 0 aromatic carbocycles. The summed E-state index contributed by atoms with van der Waals surface area (Å²) in [5.41, 5.74) is 0. The zero-order valence-corrected chi connectivity index (χ0v) is 34.2. The lowest BCUT2D eigenvalue weighted by atomic mass is 10.0. The number of carbonyl (C=O) groups excluding carboxylic acids is 2. The molecule has 3 N–H and O–H groups in total. The van der Waals surface area contributed by atoms with Crippen LogP contribution >= 0.6 is 7.82 Å². The standard InChI is InChI=1S/C41H79O10P/c1-3-5-7-9-11-13-15-17-18-19-20-21-23-24-26-28-30-32-40(44)48-36-39(37-50-52(46,47)49-35-38(43)34-42)51-41(45)33-31-29-27-25-22-16-14-12-10-8-6-4-2/h17-18,38-39,42-43H,3-16,19-37H2,1-2H3,(H,46,47)/b18-17+/t38-,39+/m1/s1. The van der Waals surface area contributed by atoms with Gasteiger partial charge < -0.3 is 24.6 Å². The van der Waals surface area contributed by atoms with Crippen LogP contribution in [-0.4, -0.2) is 65.7 Å². The van der Waals surface area contributed by atoms with E-state index in [0.29, 0.717) is 12.8 Å². The number of hydrogen-bond donors (Lipinski definition) is 3. The lowest BCUT2D eigenvalue weighted by Crippen LogP contribution is -2.29. The fourth-order valence-electron chi connectivity index (χ4n) is 5.87. The molecule has 0 bridgehead atoms. The molecule has 0 aliphatic heterocycles. The van der Waals surface area contributed by atoms with E-state index in [4.69, 9.17) is 19.1 Å². The highest BCUT2D eigenvalue weighted by Crippen LogP contribution is 2.43. The topological polar surface area (TPSA) is 149 Å². The van der Waals surface area contributed by atoms with Gasteiger partial charge in [-0.15, -0.1) is 0 Å². The van der Waals surface area contributed by atoms with Crippen molar-refractivity contribution in [1.82, 2.24) is 0 Å². The summed E-state index contributed by atoms with van der Waals surface area (Å²) >= 11 is 0. The van der Waals surface area contributed by atoms with Crippen molar-refractivity contribution in [2.45, 2.75) is 212 Å². The molecule has 10 nitrogen and oxygen atoms in total. The van der Waals surface area contributed by atoms with Gasteiger partial charge in [0.25, 0.3) is 0 Å². The lowest BCUT2D eigenvalue weighted by molar-refractivity contribution is -0.161. The van der Waals surface area contributed by atoms with E-state index in [9.17, 15) is 24.2 Å². The molecule has 0 aromatic rings. The van der Waals surface area contributed by atoms with Crippen molar-refractivity contribution in [3.05, 3.63) is 12.2 Å². The second-order valence-corrected chi connectivity index (χ2v) is 15.8. The van der Waals surface area contributed by atoms with Crippen LogP contribution in [-0.2, 0) is 32.7 Å². The van der Waals surface area contributed by atoms with Crippen LogP contribution in [0.25, 0.3) is 0 Å². The molecule has 52 heavy (non-hydrogen) atoms. The first kappa shape index (κ1) is 50.7. The summed E-state index contributed by atoms with van der Waals surface area (Å²) in [5, 5.41) is 18.3. The van der Waals surface area contributed by atoms with Gasteiger partial charge in [-0.1, -0.05) is 161 Å². The van der Waals surface area contributed by atoms with Gasteiger partial charge in [-0.2, -0.15) is 0 Å². The van der Waals surface area contributed by atoms with Crippen LogP contribution in [0.3, 0.4) is 0 Å². The maximum absolute atomic E-state index is 12.6. The molecule has 0 aliphatic carbocycles. The Morgan fingerprint density at radius 2 is 0.942 bits per heavy atom. The first-order chi connectivity index (χ1) is 25.2. The Morgan fingerprint density at radius 3 is 1.38 bits per heavy atom. The number of unbranched alkanes of at least 4 members (excludes halogenated alkanes) is 24. The second kappa shape index (κ2) is 38.0. The highest BCUT2D eigenvalue weighted by atomic mass is 31.2. The monoisotopic (exact) mass is 763 g/mol. The summed E-state index contributed by atoms with van der Waals surface area (Å²) in [4.78, 5) is 34.9. The number of hydrogen-bond acceptors (Lipinski definition) is 9. The summed E-state index contributed by atoms with van der Waals surface area (Å²) in [6, 6.07) is 0. The molecule has 0 aromatic heterocycles. The van der Waals surface area contributed by atoms with E-state index in [1.54, 1.807) is 0 Å². The van der Waals surface area contributed by atoms with E-state index in [1.165, 1.54) is 116 Å². The Hall–Kier alpha value is -1.29. The number of ether oxygens (including phenoxy) is 2. The fraction of sp³-hybridized carbons (Fsp3) is 0.902. The summed E-state index contributed by atoms with van der Waals surface area (Å²) < 4.78 is 32.7. The van der Waals surface area contributed by atoms with Crippen molar-refractivity contribution in [3.8, 4) is 0 Å². The number of phosphoric ester groups is 1. The molecule has 11 heteroatoms. The van der Waals surface area contributed by atoms with Gasteiger partial charge in [-0.05, 0) is 38.5 Å². The Labute approximate surface area is 317 Å². The minimum atomic E-state index is -4.61. The van der Waals surface area contributed by atoms with Crippen LogP contribution < -0.4 is 0 Å². The number of aliphatic hydroxyl groups excluding tert-OH is 2. The quantitative estimate of drug-likeness (QED) is 0.0238. The van der Waals surface area contributed by atoms with Crippen LogP contribution in [0.15, 0.2) is 12.2 Å². The molecule has 0 radical (unpaired) electrons. The molecule has 0 heterocycles. The molecular weight excluding hydrogens is 683 g/mol. The van der Waals surface area contributed by atoms with Crippen LogP contribution in [0.1, 0.15) is 200 Å². The third kappa shape index (κ3) is 37.0. The van der Waals surface area contributed by atoms with Crippen molar-refractivity contribution in [2.24, 2.45) is 0 Å². The molecule has 0 aliphatic rings. The molecule has 0 saturated heterocycles. The van der Waals surface area contributed by atoms with Gasteiger partial charge in [0.15, 0.2) is 6.10 Å². The summed E-state index contributed by atoms with van der Waals surface area (Å²) in [7, 11) is -4.61. The predicted octanol–water partition coefficient (Wildman–Crippen LogP) is 10.8. The zero-order chi connectivity index (χ0) is 38.4. The fourth-order valence-corrected chi connectivity index (χ4v) is 6.66. The average Bonchev–Trinajstić information content (AvgIpc) is 3.13. The van der Waals surface area contributed by atoms with Gasteiger partial charge >= 0.3 is 19.8 Å². The lowest BCUT2D eigenvalue weighted by Gasteiger charge is -2.20. The van der Waals surface area contributed by atoms with E-state index in [2.05, 4.69) is 30.5 Å². The summed E-state index contributed by atoms with van der Waals surface area (Å²) in [6.45, 7) is 2.38. The molecular formula is C41H79O10P. The maximum atomic E-state index is 12.6.